The Bertz CT molecular complexity index is 480. The summed E-state index contributed by atoms with van der Waals surface area (Å²) >= 11 is 0. The average Bonchev–Trinajstić information content (AvgIpc) is 2.33. The number of ether oxygens (including phenoxy) is 2. The predicted molar refractivity (Wildman–Crippen MR) is 71.9 cm³/mol. The van der Waals surface area contributed by atoms with Crippen LogP contribution in [0.25, 0.3) is 0 Å². The van der Waals surface area contributed by atoms with Gasteiger partial charge < -0.3 is 14.7 Å². The number of carbonyl (C=O) groups excluding carboxylic acids is 1. The minimum atomic E-state index is -1.05. The van der Waals surface area contributed by atoms with Crippen molar-refractivity contribution in [1.29, 1.82) is 0 Å². The summed E-state index contributed by atoms with van der Waals surface area (Å²) in [4.78, 5) is 11.7. The van der Waals surface area contributed by atoms with Crippen molar-refractivity contribution in [3.63, 3.8) is 0 Å². The first-order valence-electron chi connectivity index (χ1n) is 6.05. The van der Waals surface area contributed by atoms with Crippen LogP contribution in [-0.2, 0) is 9.53 Å². The van der Waals surface area contributed by atoms with Crippen LogP contribution in [0.5, 0.6) is 5.75 Å². The summed E-state index contributed by atoms with van der Waals surface area (Å²) in [5, 5.41) is 11.4. The molecule has 0 unspecified atom stereocenters. The molecule has 0 amide bonds. The van der Waals surface area contributed by atoms with Crippen molar-refractivity contribution >= 4 is 12.2 Å². The van der Waals surface area contributed by atoms with Gasteiger partial charge in [0.1, 0.15) is 5.75 Å². The molecule has 0 aliphatic heterocycles. The fourth-order valence-electron chi connectivity index (χ4n) is 1.56. The molecule has 0 atom stereocenters. The lowest BCUT2D eigenvalue weighted by Gasteiger charge is -2.25. The summed E-state index contributed by atoms with van der Waals surface area (Å²) in [5.41, 5.74) is 0.545. The second-order valence-corrected chi connectivity index (χ2v) is 4.60. The Balaban J connectivity index is 2.90. The van der Waals surface area contributed by atoms with E-state index in [-0.39, 0.29) is 0 Å². The van der Waals surface area contributed by atoms with Gasteiger partial charge >= 0.3 is 5.97 Å². The van der Waals surface area contributed by atoms with Crippen molar-refractivity contribution in [2.24, 2.45) is 5.16 Å². The molecule has 0 fully saturated rings. The van der Waals surface area contributed by atoms with E-state index in [2.05, 4.69) is 5.16 Å². The van der Waals surface area contributed by atoms with E-state index >= 15 is 0 Å². The van der Waals surface area contributed by atoms with E-state index in [0.29, 0.717) is 12.4 Å². The molecule has 19 heavy (non-hydrogen) atoms. The maximum atomic E-state index is 11.7. The summed E-state index contributed by atoms with van der Waals surface area (Å²) in [6.07, 6.45) is 1.33. The minimum absolute atomic E-state index is 0.316. The maximum absolute atomic E-state index is 11.7. The first-order valence-corrected chi connectivity index (χ1v) is 6.05. The van der Waals surface area contributed by atoms with Gasteiger partial charge in [0, 0.05) is 0 Å². The van der Waals surface area contributed by atoms with Crippen LogP contribution in [0.1, 0.15) is 31.9 Å². The van der Waals surface area contributed by atoms with E-state index in [1.807, 2.05) is 6.92 Å². The highest BCUT2D eigenvalue weighted by Crippen LogP contribution is 2.24. The zero-order valence-corrected chi connectivity index (χ0v) is 11.6. The lowest BCUT2D eigenvalue weighted by Crippen LogP contribution is -2.39. The molecule has 0 saturated carbocycles. The molecule has 1 aromatic carbocycles. The molecular formula is C14H19NO4. The summed E-state index contributed by atoms with van der Waals surface area (Å²) in [5.74, 6) is 0.184. The molecule has 0 spiro atoms. The Labute approximate surface area is 112 Å². The number of rotatable bonds is 5. The lowest BCUT2D eigenvalue weighted by molar-refractivity contribution is -0.158. The van der Waals surface area contributed by atoms with Crippen molar-refractivity contribution < 1.29 is 19.5 Å². The number of hydrogen-bond donors (Lipinski definition) is 1. The van der Waals surface area contributed by atoms with Crippen molar-refractivity contribution in [3.05, 3.63) is 29.3 Å². The fraction of sp³-hybridized carbons (Fsp3) is 0.429. The molecule has 104 valence electrons. The summed E-state index contributed by atoms with van der Waals surface area (Å²) in [6.45, 7) is 7.24. The van der Waals surface area contributed by atoms with Gasteiger partial charge in [-0.05, 0) is 57.0 Å². The maximum Gasteiger partial charge on any atom is 0.349 e. The van der Waals surface area contributed by atoms with Gasteiger partial charge in [-0.3, -0.25) is 0 Å². The highest BCUT2D eigenvalue weighted by Gasteiger charge is 2.31. The third-order valence-corrected chi connectivity index (χ3v) is 2.54. The molecule has 0 aromatic heterocycles. The van der Waals surface area contributed by atoms with Crippen molar-refractivity contribution in [3.8, 4) is 5.75 Å². The molecule has 0 aliphatic carbocycles. The smallest absolute Gasteiger partial charge is 0.349 e. The van der Waals surface area contributed by atoms with Gasteiger partial charge in [-0.15, -0.1) is 0 Å². The molecular weight excluding hydrogens is 246 g/mol. The number of carbonyl (C=O) groups is 1. The molecule has 1 rings (SSSR count). The molecule has 1 N–H and O–H groups in total. The van der Waals surface area contributed by atoms with E-state index in [9.17, 15) is 4.79 Å². The number of aryl methyl sites for hydroxylation is 1. The van der Waals surface area contributed by atoms with Crippen LogP contribution in [-0.4, -0.2) is 29.6 Å². The van der Waals surface area contributed by atoms with Crippen LogP contribution in [0.3, 0.4) is 0 Å². The molecule has 0 bridgehead atoms. The monoisotopic (exact) mass is 265 g/mol. The van der Waals surface area contributed by atoms with Gasteiger partial charge in [-0.25, -0.2) is 4.79 Å². The minimum Gasteiger partial charge on any atom is -0.476 e. The number of nitrogens with zero attached hydrogens (tertiary/aromatic N) is 1. The van der Waals surface area contributed by atoms with Gasteiger partial charge in [0.05, 0.1) is 12.8 Å². The molecule has 5 nitrogen and oxygen atoms in total. The van der Waals surface area contributed by atoms with Crippen molar-refractivity contribution in [1.82, 2.24) is 0 Å². The second kappa shape index (κ2) is 6.22. The predicted octanol–water partition coefficient (Wildman–Crippen LogP) is 2.52. The number of esters is 1. The van der Waals surface area contributed by atoms with Gasteiger partial charge in [-0.2, -0.15) is 0 Å². The van der Waals surface area contributed by atoms with E-state index in [1.165, 1.54) is 6.21 Å². The Hall–Kier alpha value is -2.04. The zero-order chi connectivity index (χ0) is 14.5. The third-order valence-electron chi connectivity index (χ3n) is 2.54. The average molecular weight is 265 g/mol. The van der Waals surface area contributed by atoms with Gasteiger partial charge in [0.2, 0.25) is 0 Å². The van der Waals surface area contributed by atoms with Crippen LogP contribution in [0.4, 0.5) is 0 Å². The number of hydrogen-bond acceptors (Lipinski definition) is 5. The van der Waals surface area contributed by atoms with E-state index in [4.69, 9.17) is 14.7 Å². The van der Waals surface area contributed by atoms with E-state index in [0.717, 1.165) is 11.1 Å². The van der Waals surface area contributed by atoms with Crippen LogP contribution in [0.2, 0.25) is 0 Å². The normalized spacial score (nSPS) is 11.6. The standard InChI is InChI=1S/C14H19NO4/c1-5-18-13(16)14(3,4)19-12-7-6-11(9-15-17)8-10(12)2/h6-9,17H,5H2,1-4H3/b15-9+. The molecule has 0 radical (unpaired) electrons. The van der Waals surface area contributed by atoms with Crippen molar-refractivity contribution in [2.75, 3.05) is 6.61 Å². The van der Waals surface area contributed by atoms with Crippen LogP contribution in [0, 0.1) is 6.92 Å². The van der Waals surface area contributed by atoms with Crippen LogP contribution < -0.4 is 4.74 Å². The fourth-order valence-corrected chi connectivity index (χ4v) is 1.56. The van der Waals surface area contributed by atoms with Crippen LogP contribution >= 0.6 is 0 Å². The van der Waals surface area contributed by atoms with Crippen LogP contribution in [0.15, 0.2) is 23.4 Å². The molecule has 5 heteroatoms. The quantitative estimate of drug-likeness (QED) is 0.384. The number of benzene rings is 1. The van der Waals surface area contributed by atoms with E-state index < -0.39 is 11.6 Å². The topological polar surface area (TPSA) is 68.1 Å². The highest BCUT2D eigenvalue weighted by atomic mass is 16.6. The first kappa shape index (κ1) is 15.0. The Kier molecular flexibility index (Phi) is 4.92. The van der Waals surface area contributed by atoms with Crippen molar-refractivity contribution in [2.45, 2.75) is 33.3 Å². The third kappa shape index (κ3) is 3.98. The summed E-state index contributed by atoms with van der Waals surface area (Å²) < 4.78 is 10.7. The molecule has 1 aromatic rings. The van der Waals surface area contributed by atoms with E-state index in [1.54, 1.807) is 39.0 Å². The Morgan fingerprint density at radius 3 is 2.68 bits per heavy atom. The summed E-state index contributed by atoms with van der Waals surface area (Å²) in [7, 11) is 0. The highest BCUT2D eigenvalue weighted by molar-refractivity contribution is 5.80. The molecule has 0 heterocycles. The SMILES string of the molecule is CCOC(=O)C(C)(C)Oc1ccc(/C=N/O)cc1C. The largest absolute Gasteiger partial charge is 0.476 e. The first-order chi connectivity index (χ1) is 8.90. The Morgan fingerprint density at radius 1 is 1.47 bits per heavy atom. The summed E-state index contributed by atoms with van der Waals surface area (Å²) in [6, 6.07) is 5.27. The van der Waals surface area contributed by atoms with Gasteiger partial charge in [0.25, 0.3) is 0 Å². The Morgan fingerprint density at radius 2 is 2.16 bits per heavy atom. The molecule has 0 aliphatic rings. The van der Waals surface area contributed by atoms with Gasteiger partial charge in [-0.1, -0.05) is 5.16 Å². The zero-order valence-electron chi connectivity index (χ0n) is 11.6. The molecule has 0 saturated heterocycles. The number of oxime groups is 1. The second-order valence-electron chi connectivity index (χ2n) is 4.60. The lowest BCUT2D eigenvalue weighted by atomic mass is 10.1. The van der Waals surface area contributed by atoms with Gasteiger partial charge in [0.15, 0.2) is 5.60 Å².